The number of allylic oxidation sites excluding steroid dienone is 2. The van der Waals surface area contributed by atoms with E-state index in [0.717, 1.165) is 35.3 Å². The Kier molecular flexibility index (Phi) is 2.84. The third-order valence-corrected chi connectivity index (χ3v) is 5.42. The summed E-state index contributed by atoms with van der Waals surface area (Å²) in [4.78, 5) is 0. The highest BCUT2D eigenvalue weighted by molar-refractivity contribution is 7.80. The van der Waals surface area contributed by atoms with Gasteiger partial charge in [0.25, 0.3) is 0 Å². The van der Waals surface area contributed by atoms with Crippen LogP contribution in [0.15, 0.2) is 12.2 Å². The zero-order chi connectivity index (χ0) is 10.3. The number of thiol groups is 1. The van der Waals surface area contributed by atoms with Gasteiger partial charge in [-0.05, 0) is 73.9 Å². The van der Waals surface area contributed by atoms with Gasteiger partial charge in [0.2, 0.25) is 0 Å². The molecule has 2 bridgehead atoms. The normalized spacial score (nSPS) is 47.9. The van der Waals surface area contributed by atoms with E-state index in [-0.39, 0.29) is 0 Å². The van der Waals surface area contributed by atoms with Gasteiger partial charge < -0.3 is 0 Å². The quantitative estimate of drug-likeness (QED) is 0.531. The molecule has 0 aliphatic heterocycles. The smallest absolute Gasteiger partial charge is 0.00950 e. The summed E-state index contributed by atoms with van der Waals surface area (Å²) >= 11 is 4.46. The molecule has 5 unspecified atom stereocenters. The lowest BCUT2D eigenvalue weighted by molar-refractivity contribution is 0.233. The van der Waals surface area contributed by atoms with Gasteiger partial charge in [0, 0.05) is 0 Å². The van der Waals surface area contributed by atoms with Crippen LogP contribution in [-0.4, -0.2) is 5.75 Å². The maximum atomic E-state index is 4.46. The van der Waals surface area contributed by atoms with Crippen molar-refractivity contribution in [2.24, 2.45) is 29.6 Å². The Morgan fingerprint density at radius 3 is 2.87 bits per heavy atom. The van der Waals surface area contributed by atoms with E-state index in [1.54, 1.807) is 0 Å². The van der Waals surface area contributed by atoms with E-state index in [1.807, 2.05) is 0 Å². The molecule has 5 atom stereocenters. The molecule has 0 aromatic heterocycles. The standard InChI is InChI=1S/C14H22S/c15-8-7-13-11-4-2-1-3-10-5-6-12(9-11)14(10)13/h2,4,10-15H,1,3,5-9H2. The van der Waals surface area contributed by atoms with Gasteiger partial charge in [0.05, 0.1) is 0 Å². The summed E-state index contributed by atoms with van der Waals surface area (Å²) < 4.78 is 0. The van der Waals surface area contributed by atoms with Crippen molar-refractivity contribution in [3.8, 4) is 0 Å². The Morgan fingerprint density at radius 2 is 2.00 bits per heavy atom. The van der Waals surface area contributed by atoms with E-state index in [4.69, 9.17) is 0 Å². The van der Waals surface area contributed by atoms with Gasteiger partial charge in [-0.15, -0.1) is 0 Å². The van der Waals surface area contributed by atoms with Crippen LogP contribution < -0.4 is 0 Å². The van der Waals surface area contributed by atoms with Crippen LogP contribution in [0.3, 0.4) is 0 Å². The molecule has 2 saturated carbocycles. The Bertz CT molecular complexity index is 258. The van der Waals surface area contributed by atoms with Crippen LogP contribution in [0.2, 0.25) is 0 Å². The van der Waals surface area contributed by atoms with Crippen molar-refractivity contribution >= 4 is 12.6 Å². The summed E-state index contributed by atoms with van der Waals surface area (Å²) in [5.41, 5.74) is 0. The summed E-state index contributed by atoms with van der Waals surface area (Å²) in [5.74, 6) is 6.20. The second-order valence-corrected chi connectivity index (χ2v) is 6.20. The lowest BCUT2D eigenvalue weighted by atomic mass is 9.77. The van der Waals surface area contributed by atoms with E-state index in [1.165, 1.54) is 38.5 Å². The molecular formula is C14H22S. The first-order valence-corrected chi connectivity index (χ1v) is 7.31. The summed E-state index contributed by atoms with van der Waals surface area (Å²) in [6.07, 6.45) is 13.7. The van der Waals surface area contributed by atoms with Crippen molar-refractivity contribution in [2.75, 3.05) is 5.75 Å². The Labute approximate surface area is 98.9 Å². The van der Waals surface area contributed by atoms with Gasteiger partial charge in [-0.3, -0.25) is 0 Å². The Balaban J connectivity index is 1.88. The predicted molar refractivity (Wildman–Crippen MR) is 68.1 cm³/mol. The van der Waals surface area contributed by atoms with E-state index >= 15 is 0 Å². The molecule has 0 heterocycles. The molecule has 0 saturated heterocycles. The summed E-state index contributed by atoms with van der Waals surface area (Å²) in [6.45, 7) is 0. The van der Waals surface area contributed by atoms with Gasteiger partial charge in [0.15, 0.2) is 0 Å². The van der Waals surface area contributed by atoms with Gasteiger partial charge in [-0.1, -0.05) is 12.2 Å². The molecular weight excluding hydrogens is 200 g/mol. The van der Waals surface area contributed by atoms with Gasteiger partial charge >= 0.3 is 0 Å². The van der Waals surface area contributed by atoms with E-state index in [9.17, 15) is 0 Å². The second-order valence-electron chi connectivity index (χ2n) is 5.76. The molecule has 0 N–H and O–H groups in total. The largest absolute Gasteiger partial charge is 0.179 e. The van der Waals surface area contributed by atoms with Gasteiger partial charge in [-0.2, -0.15) is 12.6 Å². The number of hydrogen-bond acceptors (Lipinski definition) is 1. The highest BCUT2D eigenvalue weighted by Crippen LogP contribution is 2.56. The van der Waals surface area contributed by atoms with Crippen molar-refractivity contribution in [1.82, 2.24) is 0 Å². The average molecular weight is 222 g/mol. The van der Waals surface area contributed by atoms with Gasteiger partial charge in [-0.25, -0.2) is 0 Å². The van der Waals surface area contributed by atoms with Crippen LogP contribution in [0.1, 0.15) is 38.5 Å². The second kappa shape index (κ2) is 4.16. The average Bonchev–Trinajstić information content (AvgIpc) is 2.77. The third kappa shape index (κ3) is 1.67. The Morgan fingerprint density at radius 1 is 1.13 bits per heavy atom. The van der Waals surface area contributed by atoms with E-state index in [2.05, 4.69) is 24.8 Å². The monoisotopic (exact) mass is 222 g/mol. The zero-order valence-corrected chi connectivity index (χ0v) is 10.3. The molecule has 0 amide bonds. The first-order valence-electron chi connectivity index (χ1n) is 6.67. The molecule has 84 valence electrons. The van der Waals surface area contributed by atoms with Crippen molar-refractivity contribution in [1.29, 1.82) is 0 Å². The zero-order valence-electron chi connectivity index (χ0n) is 9.44. The molecule has 3 aliphatic carbocycles. The molecule has 0 nitrogen and oxygen atoms in total. The SMILES string of the molecule is SCCC1C2C=CCCC3CCC(C2)C31. The van der Waals surface area contributed by atoms with E-state index < -0.39 is 0 Å². The molecule has 0 spiro atoms. The van der Waals surface area contributed by atoms with Crippen LogP contribution in [-0.2, 0) is 0 Å². The van der Waals surface area contributed by atoms with Gasteiger partial charge in [0.1, 0.15) is 0 Å². The minimum atomic E-state index is 0.912. The van der Waals surface area contributed by atoms with Crippen molar-refractivity contribution < 1.29 is 0 Å². The lowest BCUT2D eigenvalue weighted by Crippen LogP contribution is -2.22. The van der Waals surface area contributed by atoms with E-state index in [0.29, 0.717) is 0 Å². The van der Waals surface area contributed by atoms with Crippen LogP contribution in [0, 0.1) is 29.6 Å². The molecule has 15 heavy (non-hydrogen) atoms. The summed E-state index contributed by atoms with van der Waals surface area (Å²) in [6, 6.07) is 0. The minimum Gasteiger partial charge on any atom is -0.179 e. The third-order valence-electron chi connectivity index (χ3n) is 5.17. The number of hydrogen-bond donors (Lipinski definition) is 1. The molecule has 3 rings (SSSR count). The topological polar surface area (TPSA) is 0 Å². The highest BCUT2D eigenvalue weighted by atomic mass is 32.1. The predicted octanol–water partition coefficient (Wildman–Crippen LogP) is 3.93. The first kappa shape index (κ1) is 10.3. The minimum absolute atomic E-state index is 0.912. The molecule has 1 heteroatoms. The van der Waals surface area contributed by atoms with Crippen molar-refractivity contribution in [3.63, 3.8) is 0 Å². The maximum absolute atomic E-state index is 4.46. The number of fused-ring (bicyclic) bond motifs is 1. The molecule has 0 radical (unpaired) electrons. The first-order chi connectivity index (χ1) is 7.40. The van der Waals surface area contributed by atoms with Crippen LogP contribution in [0.5, 0.6) is 0 Å². The molecule has 0 aromatic carbocycles. The maximum Gasteiger partial charge on any atom is -0.00950 e. The van der Waals surface area contributed by atoms with Crippen LogP contribution >= 0.6 is 12.6 Å². The Hall–Kier alpha value is 0.0900. The molecule has 3 aliphatic rings. The highest BCUT2D eigenvalue weighted by Gasteiger charge is 2.48. The van der Waals surface area contributed by atoms with Crippen LogP contribution in [0.4, 0.5) is 0 Å². The summed E-state index contributed by atoms with van der Waals surface area (Å²) in [5, 5.41) is 0. The fourth-order valence-electron chi connectivity index (χ4n) is 4.68. The number of rotatable bonds is 2. The fourth-order valence-corrected chi connectivity index (χ4v) is 4.98. The van der Waals surface area contributed by atoms with Crippen molar-refractivity contribution in [3.05, 3.63) is 12.2 Å². The molecule has 0 aromatic rings. The molecule has 2 fully saturated rings. The van der Waals surface area contributed by atoms with Crippen LogP contribution in [0.25, 0.3) is 0 Å². The summed E-state index contributed by atoms with van der Waals surface area (Å²) in [7, 11) is 0. The lowest BCUT2D eigenvalue weighted by Gasteiger charge is -2.29. The fraction of sp³-hybridized carbons (Fsp3) is 0.857. The van der Waals surface area contributed by atoms with Crippen molar-refractivity contribution in [2.45, 2.75) is 38.5 Å².